The van der Waals surface area contributed by atoms with Crippen LogP contribution in [-0.4, -0.2) is 73.9 Å². The van der Waals surface area contributed by atoms with E-state index in [2.05, 4.69) is 33.3 Å². The Kier molecular flexibility index (Phi) is 4.37. The number of hydrogen-bond donors (Lipinski definition) is 1. The highest BCUT2D eigenvalue weighted by atomic mass is 16.3. The van der Waals surface area contributed by atoms with E-state index in [-0.39, 0.29) is 5.91 Å². The number of hydrogen-bond acceptors (Lipinski definition) is 6. The molecule has 1 N–H and O–H groups in total. The number of aromatic nitrogens is 3. The van der Waals surface area contributed by atoms with Crippen molar-refractivity contribution in [1.82, 2.24) is 24.8 Å². The number of aliphatic hydroxyl groups is 1. The molecule has 1 aliphatic heterocycles. The molecule has 5 rings (SSSR count). The number of aldehydes is 1. The molecule has 8 nitrogen and oxygen atoms in total. The van der Waals surface area contributed by atoms with Gasteiger partial charge in [-0.05, 0) is 37.0 Å². The van der Waals surface area contributed by atoms with Gasteiger partial charge >= 0.3 is 0 Å². The number of aryl methyl sites for hydroxylation is 1. The van der Waals surface area contributed by atoms with Crippen molar-refractivity contribution < 1.29 is 14.7 Å². The van der Waals surface area contributed by atoms with Crippen LogP contribution in [0.1, 0.15) is 24.8 Å². The van der Waals surface area contributed by atoms with Gasteiger partial charge in [-0.2, -0.15) is 15.0 Å². The molecule has 1 unspecified atom stereocenters. The van der Waals surface area contributed by atoms with Gasteiger partial charge in [0.15, 0.2) is 0 Å². The summed E-state index contributed by atoms with van der Waals surface area (Å²) in [5.74, 6) is -0.139. The zero-order valence-corrected chi connectivity index (χ0v) is 17.0. The lowest BCUT2D eigenvalue weighted by molar-refractivity contribution is -0.145. The van der Waals surface area contributed by atoms with E-state index >= 15 is 0 Å². The Balaban J connectivity index is 1.45. The minimum atomic E-state index is -1.12. The fourth-order valence-electron chi connectivity index (χ4n) is 4.59. The van der Waals surface area contributed by atoms with Crippen molar-refractivity contribution >= 4 is 23.2 Å². The first-order valence-electron chi connectivity index (χ1n) is 10.4. The highest BCUT2D eigenvalue weighted by molar-refractivity contribution is 5.88. The first kappa shape index (κ1) is 19.1. The smallest absolute Gasteiger partial charge is 0.254 e. The van der Waals surface area contributed by atoms with Crippen LogP contribution < -0.4 is 0 Å². The summed E-state index contributed by atoms with van der Waals surface area (Å²) in [5, 5.41) is 19.0. The molecule has 30 heavy (non-hydrogen) atoms. The largest absolute Gasteiger partial charge is 0.380 e. The van der Waals surface area contributed by atoms with Crippen LogP contribution in [0.2, 0.25) is 0 Å². The van der Waals surface area contributed by atoms with Gasteiger partial charge in [0, 0.05) is 38.8 Å². The van der Waals surface area contributed by atoms with Crippen molar-refractivity contribution in [3.63, 3.8) is 0 Å². The molecule has 2 aliphatic carbocycles. The molecular formula is C22H25N5O3. The number of amides is 1. The first-order valence-corrected chi connectivity index (χ1v) is 10.4. The Morgan fingerprint density at radius 2 is 1.87 bits per heavy atom. The fourth-order valence-corrected chi connectivity index (χ4v) is 4.59. The second-order valence-corrected chi connectivity index (χ2v) is 8.49. The first-order chi connectivity index (χ1) is 14.4. The maximum Gasteiger partial charge on any atom is 0.254 e. The third-order valence-electron chi connectivity index (χ3n) is 6.57. The summed E-state index contributed by atoms with van der Waals surface area (Å²) in [4.78, 5) is 29.5. The fraction of sp³-hybridized carbons (Fsp3) is 0.455. The van der Waals surface area contributed by atoms with Gasteiger partial charge in [0.1, 0.15) is 22.9 Å². The number of carbonyl (C=O) groups is 2. The van der Waals surface area contributed by atoms with Gasteiger partial charge in [0.05, 0.1) is 5.54 Å². The van der Waals surface area contributed by atoms with Gasteiger partial charge in [-0.25, -0.2) is 0 Å². The van der Waals surface area contributed by atoms with Gasteiger partial charge in [0.25, 0.3) is 5.91 Å². The summed E-state index contributed by atoms with van der Waals surface area (Å²) in [6, 6.07) is 6.12. The van der Waals surface area contributed by atoms with E-state index in [0.717, 1.165) is 22.9 Å². The number of allylic oxidation sites excluding steroid dienone is 2. The lowest BCUT2D eigenvalue weighted by Gasteiger charge is -2.47. The van der Waals surface area contributed by atoms with E-state index in [1.54, 1.807) is 16.7 Å². The van der Waals surface area contributed by atoms with Crippen LogP contribution in [0, 0.1) is 0 Å². The van der Waals surface area contributed by atoms with E-state index in [1.807, 2.05) is 18.2 Å². The summed E-state index contributed by atoms with van der Waals surface area (Å²) in [6.45, 7) is 2.53. The van der Waals surface area contributed by atoms with Crippen LogP contribution >= 0.6 is 0 Å². The molecule has 1 amide bonds. The van der Waals surface area contributed by atoms with E-state index in [0.29, 0.717) is 51.0 Å². The van der Waals surface area contributed by atoms with E-state index < -0.39 is 11.1 Å². The maximum atomic E-state index is 12.5. The maximum absolute atomic E-state index is 12.5. The molecule has 1 saturated heterocycles. The van der Waals surface area contributed by atoms with Crippen molar-refractivity contribution in [2.24, 2.45) is 7.05 Å². The number of carbonyl (C=O) groups excluding carboxylic acids is 2. The standard InChI is InChI=1S/C22H25N5O3/c1-25-23-18-3-2-17(14-19(18)24-25)21(6-4-16(15-28)5-7-21)27-12-10-26(11-13-27)20(29)22(30)8-9-22/h2-6,14-15,30H,7-13H2,1H3. The van der Waals surface area contributed by atoms with Crippen LogP contribution in [0.4, 0.5) is 0 Å². The Bertz CT molecular complexity index is 1080. The van der Waals surface area contributed by atoms with E-state index in [1.165, 1.54) is 0 Å². The highest BCUT2D eigenvalue weighted by Gasteiger charge is 2.51. The summed E-state index contributed by atoms with van der Waals surface area (Å²) in [7, 11) is 1.80. The molecule has 0 bridgehead atoms. The monoisotopic (exact) mass is 407 g/mol. The minimum absolute atomic E-state index is 0.139. The van der Waals surface area contributed by atoms with Gasteiger partial charge < -0.3 is 10.0 Å². The molecule has 156 valence electrons. The average molecular weight is 407 g/mol. The number of rotatable bonds is 4. The highest BCUT2D eigenvalue weighted by Crippen LogP contribution is 2.40. The molecular weight excluding hydrogens is 382 g/mol. The van der Waals surface area contributed by atoms with Crippen molar-refractivity contribution in [2.75, 3.05) is 26.2 Å². The van der Waals surface area contributed by atoms with Crippen molar-refractivity contribution in [3.05, 3.63) is 47.6 Å². The molecule has 1 aromatic carbocycles. The minimum Gasteiger partial charge on any atom is -0.380 e. The van der Waals surface area contributed by atoms with Crippen LogP contribution in [0.15, 0.2) is 42.0 Å². The lowest BCUT2D eigenvalue weighted by atomic mass is 9.80. The van der Waals surface area contributed by atoms with Crippen LogP contribution in [0.25, 0.3) is 11.0 Å². The van der Waals surface area contributed by atoms with E-state index in [9.17, 15) is 14.7 Å². The molecule has 0 spiro atoms. The Hall–Kier alpha value is -2.84. The lowest BCUT2D eigenvalue weighted by Crippen LogP contribution is -2.57. The summed E-state index contributed by atoms with van der Waals surface area (Å²) < 4.78 is 0. The zero-order chi connectivity index (χ0) is 20.9. The van der Waals surface area contributed by atoms with Gasteiger partial charge in [-0.3, -0.25) is 14.5 Å². The Morgan fingerprint density at radius 1 is 1.13 bits per heavy atom. The number of benzene rings is 1. The van der Waals surface area contributed by atoms with Crippen molar-refractivity contribution in [2.45, 2.75) is 30.4 Å². The zero-order valence-electron chi connectivity index (χ0n) is 17.0. The van der Waals surface area contributed by atoms with Gasteiger partial charge in [-0.15, -0.1) is 0 Å². The Morgan fingerprint density at radius 3 is 2.50 bits per heavy atom. The quantitative estimate of drug-likeness (QED) is 0.758. The molecule has 8 heteroatoms. The van der Waals surface area contributed by atoms with Crippen molar-refractivity contribution in [1.29, 1.82) is 0 Å². The molecule has 2 heterocycles. The molecule has 3 aliphatic rings. The van der Waals surface area contributed by atoms with E-state index in [4.69, 9.17) is 0 Å². The predicted molar refractivity (Wildman–Crippen MR) is 110 cm³/mol. The summed E-state index contributed by atoms with van der Waals surface area (Å²) in [6.07, 6.45) is 8.62. The number of fused-ring (bicyclic) bond motifs is 1. The predicted octanol–water partition coefficient (Wildman–Crippen LogP) is 0.918. The topological polar surface area (TPSA) is 91.6 Å². The van der Waals surface area contributed by atoms with Crippen LogP contribution in [-0.2, 0) is 22.2 Å². The number of nitrogens with zero attached hydrogens (tertiary/aromatic N) is 5. The second kappa shape index (κ2) is 6.85. The van der Waals surface area contributed by atoms with Gasteiger partial charge in [0.2, 0.25) is 0 Å². The van der Waals surface area contributed by atoms with Crippen LogP contribution in [0.3, 0.4) is 0 Å². The molecule has 1 saturated carbocycles. The molecule has 1 aromatic heterocycles. The third-order valence-corrected chi connectivity index (χ3v) is 6.57. The van der Waals surface area contributed by atoms with Crippen molar-refractivity contribution in [3.8, 4) is 0 Å². The summed E-state index contributed by atoms with van der Waals surface area (Å²) >= 11 is 0. The van der Waals surface area contributed by atoms with Crippen LogP contribution in [0.5, 0.6) is 0 Å². The number of piperazine rings is 1. The Labute approximate surface area is 174 Å². The SMILES string of the molecule is Cn1nc2ccc(C3(N4CCN(C(=O)C5(O)CC5)CC4)C=CC(C=O)=CC3)cc2n1. The molecule has 2 aromatic rings. The molecule has 1 atom stereocenters. The molecule has 2 fully saturated rings. The third kappa shape index (κ3) is 3.07. The summed E-state index contributed by atoms with van der Waals surface area (Å²) in [5.41, 5.74) is 1.91. The molecule has 0 radical (unpaired) electrons. The van der Waals surface area contributed by atoms with Gasteiger partial charge in [-0.1, -0.05) is 24.3 Å². The normalized spacial score (nSPS) is 25.9. The second-order valence-electron chi connectivity index (χ2n) is 8.49. The average Bonchev–Trinajstić information content (AvgIpc) is 3.41.